The molecular formula is C41H74N6O16. The van der Waals surface area contributed by atoms with E-state index in [4.69, 9.17) is 34.4 Å². The Kier molecular flexibility index (Phi) is 38.6. The SMILES string of the molecule is O=C(O)CNC(=O)CCCCCCCCCCCCCCC(=O)NC(CCC(=O)NCCOCCOCC(=O)NCCOCCOCC(=O)NCCCCC(NO)C(=O)O)C(=O)O. The highest BCUT2D eigenvalue weighted by molar-refractivity contribution is 5.84. The average molecular weight is 907 g/mol. The van der Waals surface area contributed by atoms with E-state index >= 15 is 0 Å². The first-order valence-electron chi connectivity index (χ1n) is 22.1. The van der Waals surface area contributed by atoms with E-state index in [9.17, 15) is 43.5 Å². The van der Waals surface area contributed by atoms with Gasteiger partial charge in [-0.2, -0.15) is 5.48 Å². The second-order valence-corrected chi connectivity index (χ2v) is 14.8. The lowest BCUT2D eigenvalue weighted by Gasteiger charge is -2.14. The molecule has 0 aromatic rings. The first-order valence-corrected chi connectivity index (χ1v) is 22.1. The molecule has 0 bridgehead atoms. The fraction of sp³-hybridized carbons (Fsp3) is 0.805. The Bertz CT molecular complexity index is 1290. The molecule has 22 heteroatoms. The Labute approximate surface area is 370 Å². The molecule has 10 N–H and O–H groups in total. The molecule has 364 valence electrons. The van der Waals surface area contributed by atoms with E-state index in [1.807, 2.05) is 0 Å². The van der Waals surface area contributed by atoms with Crippen LogP contribution in [0, 0.1) is 0 Å². The van der Waals surface area contributed by atoms with E-state index in [1.165, 1.54) is 0 Å². The summed E-state index contributed by atoms with van der Waals surface area (Å²) in [7, 11) is 0. The van der Waals surface area contributed by atoms with Gasteiger partial charge in [0.15, 0.2) is 0 Å². The minimum absolute atomic E-state index is 0.0502. The molecular weight excluding hydrogens is 832 g/mol. The molecule has 0 aliphatic heterocycles. The second kappa shape index (κ2) is 41.5. The molecule has 0 rings (SSSR count). The van der Waals surface area contributed by atoms with Crippen LogP contribution >= 0.6 is 0 Å². The summed E-state index contributed by atoms with van der Waals surface area (Å²) in [6.45, 7) is 1.20. The van der Waals surface area contributed by atoms with E-state index in [2.05, 4.69) is 26.6 Å². The average Bonchev–Trinajstić information content (AvgIpc) is 3.24. The van der Waals surface area contributed by atoms with Crippen LogP contribution in [-0.4, -0.2) is 159 Å². The van der Waals surface area contributed by atoms with Gasteiger partial charge in [-0.25, -0.2) is 4.79 Å². The van der Waals surface area contributed by atoms with Gasteiger partial charge in [0.25, 0.3) is 0 Å². The van der Waals surface area contributed by atoms with Gasteiger partial charge in [0.1, 0.15) is 31.8 Å². The number of rotatable bonds is 45. The van der Waals surface area contributed by atoms with E-state index < -0.39 is 30.0 Å². The third kappa shape index (κ3) is 40.1. The Hall–Kier alpha value is -4.48. The number of unbranched alkanes of at least 4 members (excludes halogenated alkanes) is 12. The number of hydrogen-bond donors (Lipinski definition) is 10. The normalized spacial score (nSPS) is 11.9. The predicted octanol–water partition coefficient (Wildman–Crippen LogP) is 1.02. The van der Waals surface area contributed by atoms with Gasteiger partial charge in [0.2, 0.25) is 29.5 Å². The smallest absolute Gasteiger partial charge is 0.326 e. The minimum atomic E-state index is -1.21. The first-order chi connectivity index (χ1) is 30.3. The maximum atomic E-state index is 12.3. The Morgan fingerprint density at radius 2 is 0.825 bits per heavy atom. The number of aliphatic carboxylic acids is 3. The van der Waals surface area contributed by atoms with Crippen molar-refractivity contribution in [2.24, 2.45) is 0 Å². The predicted molar refractivity (Wildman–Crippen MR) is 227 cm³/mol. The summed E-state index contributed by atoms with van der Waals surface area (Å²) in [5, 5.41) is 48.4. The number of hydroxylamine groups is 1. The van der Waals surface area contributed by atoms with Crippen molar-refractivity contribution in [2.75, 3.05) is 79.0 Å². The van der Waals surface area contributed by atoms with Gasteiger partial charge in [0.05, 0.1) is 39.6 Å². The molecule has 0 aromatic carbocycles. The monoisotopic (exact) mass is 907 g/mol. The summed E-state index contributed by atoms with van der Waals surface area (Å²) in [5.74, 6) is -5.03. The fourth-order valence-corrected chi connectivity index (χ4v) is 5.83. The van der Waals surface area contributed by atoms with Crippen LogP contribution < -0.4 is 32.1 Å². The molecule has 0 heterocycles. The van der Waals surface area contributed by atoms with Crippen LogP contribution in [0.1, 0.15) is 122 Å². The Morgan fingerprint density at radius 3 is 1.30 bits per heavy atom. The number of carboxylic acid groups (broad SMARTS) is 3. The van der Waals surface area contributed by atoms with Gasteiger partial charge >= 0.3 is 17.9 Å². The van der Waals surface area contributed by atoms with Crippen LogP contribution in [0.15, 0.2) is 0 Å². The molecule has 22 nitrogen and oxygen atoms in total. The molecule has 2 atom stereocenters. The zero-order valence-corrected chi connectivity index (χ0v) is 36.8. The molecule has 0 fully saturated rings. The molecule has 63 heavy (non-hydrogen) atoms. The van der Waals surface area contributed by atoms with Crippen LogP contribution in [-0.2, 0) is 57.3 Å². The lowest BCUT2D eigenvalue weighted by molar-refractivity contribution is -0.143. The summed E-state index contributed by atoms with van der Waals surface area (Å²) in [6.07, 6.45) is 13.7. The van der Waals surface area contributed by atoms with Crippen molar-refractivity contribution in [3.8, 4) is 0 Å². The number of carbonyl (C=O) groups excluding carboxylic acids is 5. The van der Waals surface area contributed by atoms with Crippen molar-refractivity contribution in [1.82, 2.24) is 32.1 Å². The summed E-state index contributed by atoms with van der Waals surface area (Å²) in [6, 6.07) is -2.21. The summed E-state index contributed by atoms with van der Waals surface area (Å²) in [5.41, 5.74) is 1.72. The number of nitrogens with one attached hydrogen (secondary N) is 6. The summed E-state index contributed by atoms with van der Waals surface area (Å²) < 4.78 is 21.2. The molecule has 0 saturated heterocycles. The lowest BCUT2D eigenvalue weighted by Crippen LogP contribution is -2.41. The van der Waals surface area contributed by atoms with E-state index in [0.29, 0.717) is 32.2 Å². The van der Waals surface area contributed by atoms with Crippen LogP contribution in [0.3, 0.4) is 0 Å². The second-order valence-electron chi connectivity index (χ2n) is 14.8. The molecule has 5 amide bonds. The first kappa shape index (κ1) is 58.5. The Balaban J connectivity index is 3.67. The molecule has 2 unspecified atom stereocenters. The topological polar surface area (TPSA) is 327 Å². The van der Waals surface area contributed by atoms with Crippen molar-refractivity contribution in [1.29, 1.82) is 0 Å². The van der Waals surface area contributed by atoms with E-state index in [1.54, 1.807) is 5.48 Å². The van der Waals surface area contributed by atoms with E-state index in [-0.39, 0.29) is 128 Å². The molecule has 0 aliphatic carbocycles. The quantitative estimate of drug-likeness (QED) is 0.0301. The number of carbonyl (C=O) groups is 8. The third-order valence-corrected chi connectivity index (χ3v) is 9.33. The zero-order chi connectivity index (χ0) is 46.8. The van der Waals surface area contributed by atoms with Gasteiger partial charge in [-0.1, -0.05) is 64.2 Å². The summed E-state index contributed by atoms with van der Waals surface area (Å²) in [4.78, 5) is 92.5. The number of ether oxygens (including phenoxy) is 4. The van der Waals surface area contributed by atoms with Crippen LogP contribution in [0.5, 0.6) is 0 Å². The largest absolute Gasteiger partial charge is 0.480 e. The van der Waals surface area contributed by atoms with Crippen LogP contribution in [0.25, 0.3) is 0 Å². The Morgan fingerprint density at radius 1 is 0.397 bits per heavy atom. The molecule has 0 aromatic heterocycles. The minimum Gasteiger partial charge on any atom is -0.480 e. The van der Waals surface area contributed by atoms with Crippen molar-refractivity contribution >= 4 is 47.4 Å². The summed E-state index contributed by atoms with van der Waals surface area (Å²) >= 11 is 0. The standard InChI is InChI=1S/C41H74N6O16/c48-34(45-29-39(53)54)16-11-9-7-5-3-1-2-4-6-8-10-12-17-36(50)46-32(40(55)56)18-19-35(49)43-21-23-60-25-28-63-31-38(52)44-22-24-61-26-27-62-30-37(51)42-20-14-13-15-33(47-59)41(57)58/h32-33,47,59H,1-31H2,(H,42,51)(H,43,49)(H,44,52)(H,45,48)(H,46,50)(H,53,54)(H,55,56)(H,57,58). The third-order valence-electron chi connectivity index (χ3n) is 9.33. The fourth-order valence-electron chi connectivity index (χ4n) is 5.83. The number of amides is 5. The zero-order valence-electron chi connectivity index (χ0n) is 36.8. The highest BCUT2D eigenvalue weighted by Gasteiger charge is 2.21. The van der Waals surface area contributed by atoms with E-state index in [0.717, 1.165) is 70.6 Å². The van der Waals surface area contributed by atoms with Crippen LogP contribution in [0.4, 0.5) is 0 Å². The maximum absolute atomic E-state index is 12.3. The highest BCUT2D eigenvalue weighted by atomic mass is 16.5. The number of carboxylic acids is 3. The molecule has 0 saturated carbocycles. The maximum Gasteiger partial charge on any atom is 0.326 e. The van der Waals surface area contributed by atoms with Crippen molar-refractivity contribution in [3.05, 3.63) is 0 Å². The van der Waals surface area contributed by atoms with Gasteiger partial charge in [0, 0.05) is 38.9 Å². The van der Waals surface area contributed by atoms with Crippen molar-refractivity contribution in [3.63, 3.8) is 0 Å². The molecule has 0 aliphatic rings. The number of hydrogen-bond acceptors (Lipinski definition) is 14. The van der Waals surface area contributed by atoms with Gasteiger partial charge < -0.3 is 66.1 Å². The van der Waals surface area contributed by atoms with Crippen molar-refractivity contribution in [2.45, 2.75) is 134 Å². The van der Waals surface area contributed by atoms with Crippen LogP contribution in [0.2, 0.25) is 0 Å². The van der Waals surface area contributed by atoms with Gasteiger partial charge in [-0.15, -0.1) is 0 Å². The highest BCUT2D eigenvalue weighted by Crippen LogP contribution is 2.13. The van der Waals surface area contributed by atoms with Gasteiger partial charge in [-0.05, 0) is 38.5 Å². The van der Waals surface area contributed by atoms with Crippen molar-refractivity contribution < 1.29 is 77.8 Å². The molecule has 0 spiro atoms. The van der Waals surface area contributed by atoms with Gasteiger partial charge in [-0.3, -0.25) is 33.6 Å². The molecule has 0 radical (unpaired) electrons. The lowest BCUT2D eigenvalue weighted by atomic mass is 10.0.